The Morgan fingerprint density at radius 2 is 1.31 bits per heavy atom. The molecule has 1 unspecified atom stereocenters. The molecule has 1 aromatic heterocycles. The summed E-state index contributed by atoms with van der Waals surface area (Å²) in [7, 11) is 8.73. The van der Waals surface area contributed by atoms with Crippen molar-refractivity contribution in [2.75, 3.05) is 42.7 Å². The van der Waals surface area contributed by atoms with E-state index in [0.717, 1.165) is 5.56 Å². The number of benzene rings is 3. The molecule has 1 heterocycles. The molecule has 10 heteroatoms. The van der Waals surface area contributed by atoms with Crippen LogP contribution >= 0.6 is 0 Å². The normalized spacial score (nSPS) is 17.1. The number of fused-ring (bicyclic) bond motifs is 5. The van der Waals surface area contributed by atoms with Crippen molar-refractivity contribution in [3.63, 3.8) is 0 Å². The van der Waals surface area contributed by atoms with Gasteiger partial charge in [0.25, 0.3) is 5.56 Å². The van der Waals surface area contributed by atoms with Gasteiger partial charge in [0.2, 0.25) is 0 Å². The van der Waals surface area contributed by atoms with Gasteiger partial charge in [0.15, 0.2) is 23.1 Å². The first kappa shape index (κ1) is 29.8. The maximum absolute atomic E-state index is 14.9. The van der Waals surface area contributed by atoms with E-state index >= 15 is 0 Å². The Hall–Kier alpha value is -5.25. The monoisotopic (exact) mass is 611 g/mol. The van der Waals surface area contributed by atoms with Gasteiger partial charge in [0.1, 0.15) is 28.4 Å². The van der Waals surface area contributed by atoms with Crippen molar-refractivity contribution < 1.29 is 38.0 Å². The number of aryl methyl sites for hydroxylation is 1. The van der Waals surface area contributed by atoms with Crippen LogP contribution < -0.4 is 34.0 Å². The lowest BCUT2D eigenvalue weighted by atomic mass is 9.76. The number of hydrogen-bond donors (Lipinski definition) is 1. The third-order valence-corrected chi connectivity index (χ3v) is 8.82. The molecule has 0 saturated carbocycles. The van der Waals surface area contributed by atoms with Crippen LogP contribution in [0.15, 0.2) is 41.2 Å². The van der Waals surface area contributed by atoms with Crippen molar-refractivity contribution >= 4 is 39.2 Å². The van der Waals surface area contributed by atoms with Gasteiger partial charge < -0.3 is 33.4 Å². The van der Waals surface area contributed by atoms with Crippen LogP contribution in [0.3, 0.4) is 0 Å². The molecule has 232 valence electrons. The van der Waals surface area contributed by atoms with Crippen LogP contribution in [-0.4, -0.2) is 59.2 Å². The minimum absolute atomic E-state index is 0.0637. The Kier molecular flexibility index (Phi) is 7.31. The van der Waals surface area contributed by atoms with Crippen LogP contribution in [-0.2, 0) is 11.8 Å². The van der Waals surface area contributed by atoms with E-state index in [1.165, 1.54) is 42.7 Å². The Morgan fingerprint density at radius 3 is 1.89 bits per heavy atom. The molecule has 3 aromatic carbocycles. The van der Waals surface area contributed by atoms with Gasteiger partial charge in [-0.1, -0.05) is 24.3 Å². The topological polar surface area (TPSA) is 122 Å². The second kappa shape index (κ2) is 11.0. The van der Waals surface area contributed by atoms with Crippen LogP contribution in [0.5, 0.6) is 34.5 Å². The summed E-state index contributed by atoms with van der Waals surface area (Å²) in [6.07, 6.45) is 7.95. The van der Waals surface area contributed by atoms with Gasteiger partial charge in [-0.05, 0) is 42.9 Å². The lowest BCUT2D eigenvalue weighted by Crippen LogP contribution is -2.36. The fourth-order valence-corrected chi connectivity index (χ4v) is 7.03. The van der Waals surface area contributed by atoms with E-state index in [-0.39, 0.29) is 45.9 Å². The highest BCUT2D eigenvalue weighted by Crippen LogP contribution is 2.60. The number of aromatic nitrogens is 1. The lowest BCUT2D eigenvalue weighted by Gasteiger charge is -2.24. The van der Waals surface area contributed by atoms with Crippen molar-refractivity contribution in [1.29, 1.82) is 0 Å². The lowest BCUT2D eigenvalue weighted by molar-refractivity contribution is 0.0790. The summed E-state index contributed by atoms with van der Waals surface area (Å²) >= 11 is 0. The number of rotatable bonds is 8. The maximum atomic E-state index is 14.9. The molecule has 0 saturated heterocycles. The molecule has 2 aliphatic carbocycles. The number of carbonyl (C=O) groups is 2. The number of hydrogen-bond acceptors (Lipinski definition) is 9. The molecular weight excluding hydrogens is 578 g/mol. The van der Waals surface area contributed by atoms with Crippen molar-refractivity contribution in [3.05, 3.63) is 74.7 Å². The summed E-state index contributed by atoms with van der Waals surface area (Å²) in [6.45, 7) is 1.90. The van der Waals surface area contributed by atoms with Crippen molar-refractivity contribution in [1.82, 2.24) is 4.98 Å². The third-order valence-electron chi connectivity index (χ3n) is 8.82. The average Bonchev–Trinajstić information content (AvgIpc) is 3.53. The molecule has 6 rings (SSSR count). The summed E-state index contributed by atoms with van der Waals surface area (Å²) in [5.41, 5.74) is -0.179. The standard InChI is InChI=1S/C35H33NO9/c1-8-9-10-11-19-15-18-14-17-12-13-35(27(17)31(45-7)22(18)34(39)36-19)32(37)25-26(33(35)38)30(44-6)24-23(29(25)43-5)20(40-2)16-21(41-3)28(24)42-4/h8-11,14-16H,12-13H2,1-7H3,(H,36,39)/b9-8+,11-10+. The third kappa shape index (κ3) is 3.91. The van der Waals surface area contributed by atoms with E-state index in [0.29, 0.717) is 45.3 Å². The number of ether oxygens (including phenoxy) is 6. The Labute approximate surface area is 259 Å². The van der Waals surface area contributed by atoms with Crippen LogP contribution in [0.25, 0.3) is 27.6 Å². The van der Waals surface area contributed by atoms with Gasteiger partial charge in [-0.15, -0.1) is 0 Å². The van der Waals surface area contributed by atoms with Crippen LogP contribution in [0.1, 0.15) is 50.9 Å². The van der Waals surface area contributed by atoms with Gasteiger partial charge in [-0.25, -0.2) is 0 Å². The number of Topliss-reactive ketones (excluding diaryl/α,β-unsaturated/α-hetero) is 2. The summed E-state index contributed by atoms with van der Waals surface area (Å²) < 4.78 is 34.7. The van der Waals surface area contributed by atoms with Crippen LogP contribution in [0, 0.1) is 0 Å². The van der Waals surface area contributed by atoms with Gasteiger partial charge in [0, 0.05) is 17.3 Å². The molecule has 0 aliphatic heterocycles. The minimum atomic E-state index is -1.67. The highest BCUT2D eigenvalue weighted by atomic mass is 16.5. The maximum Gasteiger partial charge on any atom is 0.260 e. The molecule has 1 atom stereocenters. The van der Waals surface area contributed by atoms with Gasteiger partial charge in [-0.2, -0.15) is 0 Å². The smallest absolute Gasteiger partial charge is 0.260 e. The van der Waals surface area contributed by atoms with E-state index < -0.39 is 22.5 Å². The number of methoxy groups -OCH3 is 6. The number of pyridine rings is 1. The number of H-pyrrole nitrogens is 1. The molecule has 0 amide bonds. The van der Waals surface area contributed by atoms with Gasteiger partial charge in [-0.3, -0.25) is 14.4 Å². The molecular formula is C35H33NO9. The first-order chi connectivity index (χ1) is 21.8. The molecule has 45 heavy (non-hydrogen) atoms. The molecule has 1 N–H and O–H groups in total. The summed E-state index contributed by atoms with van der Waals surface area (Å²) in [4.78, 5) is 46.1. The zero-order chi connectivity index (χ0) is 32.2. The van der Waals surface area contributed by atoms with Crippen LogP contribution in [0.2, 0.25) is 0 Å². The molecule has 2 aliphatic rings. The van der Waals surface area contributed by atoms with E-state index in [4.69, 9.17) is 28.4 Å². The van der Waals surface area contributed by atoms with Crippen molar-refractivity contribution in [3.8, 4) is 34.5 Å². The highest BCUT2D eigenvalue weighted by Gasteiger charge is 2.61. The second-order valence-electron chi connectivity index (χ2n) is 10.8. The molecule has 10 nitrogen and oxygen atoms in total. The highest BCUT2D eigenvalue weighted by molar-refractivity contribution is 6.38. The fraction of sp³-hybridized carbons (Fsp3) is 0.286. The number of nitrogens with one attached hydrogen (secondary N) is 1. The zero-order valence-electron chi connectivity index (χ0n) is 26.1. The predicted octanol–water partition coefficient (Wildman–Crippen LogP) is 5.59. The summed E-state index contributed by atoms with van der Waals surface area (Å²) in [5, 5.41) is 1.66. The van der Waals surface area contributed by atoms with Crippen LogP contribution in [0.4, 0.5) is 0 Å². The Balaban J connectivity index is 1.70. The fourth-order valence-electron chi connectivity index (χ4n) is 7.03. The average molecular weight is 612 g/mol. The largest absolute Gasteiger partial charge is 0.496 e. The number of aromatic amines is 1. The SMILES string of the molecule is C/C=C/C=C/c1cc2cc3c(c(OC)c2c(=O)[nH]1)C1(CC3)C(=O)c2c(c(OC)c3c(OC)c(OC)cc(OC)c3c2OC)C1=O. The predicted molar refractivity (Wildman–Crippen MR) is 170 cm³/mol. The molecule has 0 fully saturated rings. The second-order valence-corrected chi connectivity index (χ2v) is 10.8. The summed E-state index contributed by atoms with van der Waals surface area (Å²) in [6, 6.07) is 5.35. The Morgan fingerprint density at radius 1 is 0.689 bits per heavy atom. The summed E-state index contributed by atoms with van der Waals surface area (Å²) in [5.74, 6) is 0.506. The minimum Gasteiger partial charge on any atom is -0.496 e. The zero-order valence-corrected chi connectivity index (χ0v) is 26.1. The van der Waals surface area contributed by atoms with Crippen molar-refractivity contribution in [2.45, 2.75) is 25.2 Å². The van der Waals surface area contributed by atoms with Gasteiger partial charge >= 0.3 is 0 Å². The Bertz CT molecular complexity index is 2050. The molecule has 0 bridgehead atoms. The van der Waals surface area contributed by atoms with E-state index in [1.807, 2.05) is 37.3 Å². The number of carbonyl (C=O) groups excluding carboxylic acids is 2. The first-order valence-electron chi connectivity index (χ1n) is 14.3. The van der Waals surface area contributed by atoms with Gasteiger partial charge in [0.05, 0.1) is 69.9 Å². The number of ketones is 2. The van der Waals surface area contributed by atoms with E-state index in [2.05, 4.69) is 4.98 Å². The van der Waals surface area contributed by atoms with Crippen molar-refractivity contribution in [2.24, 2.45) is 0 Å². The molecule has 4 aromatic rings. The number of allylic oxidation sites excluding steroid dienone is 3. The van der Waals surface area contributed by atoms with E-state index in [1.54, 1.807) is 12.1 Å². The van der Waals surface area contributed by atoms with E-state index in [9.17, 15) is 14.4 Å². The molecule has 1 spiro atoms. The first-order valence-corrected chi connectivity index (χ1v) is 14.3. The molecule has 0 radical (unpaired) electrons. The quantitative estimate of drug-likeness (QED) is 0.201.